The zero-order chi connectivity index (χ0) is 20.2. The van der Waals surface area contributed by atoms with Gasteiger partial charge in [-0.2, -0.15) is 0 Å². The van der Waals surface area contributed by atoms with Crippen LogP contribution in [0.4, 0.5) is 14.6 Å². The van der Waals surface area contributed by atoms with E-state index in [9.17, 15) is 8.78 Å². The number of rotatable bonds is 3. The molecule has 1 fully saturated rings. The smallest absolute Gasteiger partial charge is 0.254 e. The zero-order valence-electron chi connectivity index (χ0n) is 15.5. The Bertz CT molecular complexity index is 1270. The van der Waals surface area contributed by atoms with Gasteiger partial charge in [-0.05, 0) is 25.1 Å². The second-order valence-electron chi connectivity index (χ2n) is 7.31. The molecule has 0 aromatic carbocycles. The van der Waals surface area contributed by atoms with Gasteiger partial charge < -0.3 is 9.41 Å². The van der Waals surface area contributed by atoms with Crippen molar-refractivity contribution in [3.05, 3.63) is 66.2 Å². The van der Waals surface area contributed by atoms with E-state index in [0.717, 1.165) is 17.0 Å². The number of alkyl halides is 2. The van der Waals surface area contributed by atoms with Crippen molar-refractivity contribution in [3.8, 4) is 22.6 Å². The van der Waals surface area contributed by atoms with E-state index in [1.165, 1.54) is 6.20 Å². The Kier molecular flexibility index (Phi) is 3.74. The largest absolute Gasteiger partial charge is 0.362 e. The highest BCUT2D eigenvalue weighted by Gasteiger charge is 2.47. The van der Waals surface area contributed by atoms with Crippen LogP contribution < -0.4 is 0 Å². The molecule has 4 heterocycles. The van der Waals surface area contributed by atoms with Gasteiger partial charge in [-0.3, -0.25) is 4.98 Å². The van der Waals surface area contributed by atoms with Gasteiger partial charge >= 0.3 is 0 Å². The number of imidazole rings is 2. The summed E-state index contributed by atoms with van der Waals surface area (Å²) in [5.74, 6) is -2.25. The predicted molar refractivity (Wildman–Crippen MR) is 104 cm³/mol. The molecule has 1 aliphatic rings. The Morgan fingerprint density at radius 2 is 2.00 bits per heavy atom. The predicted octanol–water partition coefficient (Wildman–Crippen LogP) is 5.09. The zero-order valence-corrected chi connectivity index (χ0v) is 15.5. The van der Waals surface area contributed by atoms with Crippen LogP contribution in [0.5, 0.6) is 0 Å². The average molecular weight is 390 g/mol. The molecule has 0 atom stereocenters. The summed E-state index contributed by atoms with van der Waals surface area (Å²) in [6.07, 6.45) is 4.51. The van der Waals surface area contributed by atoms with Gasteiger partial charge in [-0.25, -0.2) is 23.1 Å². The second kappa shape index (κ2) is 6.21. The van der Waals surface area contributed by atoms with Gasteiger partial charge in [-0.1, -0.05) is 12.6 Å². The van der Waals surface area contributed by atoms with E-state index in [4.69, 9.17) is 6.57 Å². The number of pyridine rings is 2. The van der Waals surface area contributed by atoms with Crippen molar-refractivity contribution in [2.24, 2.45) is 0 Å². The first kappa shape index (κ1) is 17.5. The summed E-state index contributed by atoms with van der Waals surface area (Å²) in [5, 5.41) is 0. The van der Waals surface area contributed by atoms with E-state index in [0.29, 0.717) is 22.9 Å². The molecule has 6 nitrogen and oxygen atoms in total. The summed E-state index contributed by atoms with van der Waals surface area (Å²) in [5.41, 5.74) is 4.30. The lowest BCUT2D eigenvalue weighted by Crippen LogP contribution is -2.37. The maximum absolute atomic E-state index is 13.6. The fourth-order valence-electron chi connectivity index (χ4n) is 3.80. The number of aryl methyl sites for hydroxylation is 1. The number of nitrogens with zero attached hydrogens (tertiary/aromatic N) is 6. The van der Waals surface area contributed by atoms with Crippen LogP contribution in [0.15, 0.2) is 49.1 Å². The van der Waals surface area contributed by atoms with Crippen LogP contribution in [0.25, 0.3) is 33.1 Å². The molecular formula is C21H16F2N6. The maximum atomic E-state index is 13.6. The minimum atomic E-state index is -2.64. The first-order valence-electron chi connectivity index (χ1n) is 9.19. The molecule has 0 radical (unpaired) electrons. The molecule has 0 amide bonds. The molecule has 144 valence electrons. The highest BCUT2D eigenvalue weighted by molar-refractivity contribution is 5.77. The third-order valence-electron chi connectivity index (χ3n) is 5.26. The van der Waals surface area contributed by atoms with Crippen molar-refractivity contribution in [2.45, 2.75) is 31.7 Å². The third kappa shape index (κ3) is 2.86. The van der Waals surface area contributed by atoms with E-state index < -0.39 is 5.92 Å². The topological polar surface area (TPSA) is 52.4 Å². The van der Waals surface area contributed by atoms with Crippen molar-refractivity contribution in [3.63, 3.8) is 0 Å². The first-order chi connectivity index (χ1) is 13.9. The van der Waals surface area contributed by atoms with Crippen molar-refractivity contribution >= 4 is 11.5 Å². The van der Waals surface area contributed by atoms with Crippen LogP contribution >= 0.6 is 0 Å². The fraction of sp³-hybridized carbons (Fsp3) is 0.238. The van der Waals surface area contributed by atoms with Gasteiger partial charge in [0.25, 0.3) is 11.7 Å². The summed E-state index contributed by atoms with van der Waals surface area (Å²) in [4.78, 5) is 16.8. The monoisotopic (exact) mass is 390 g/mol. The highest BCUT2D eigenvalue weighted by Crippen LogP contribution is 2.48. The molecule has 29 heavy (non-hydrogen) atoms. The number of halogens is 2. The van der Waals surface area contributed by atoms with Crippen LogP contribution in [0, 0.1) is 13.5 Å². The molecule has 5 rings (SSSR count). The fourth-order valence-corrected chi connectivity index (χ4v) is 3.80. The SMILES string of the molecule is [C-]#[N+]c1cnc2ccc(-c3c(-c4cccc(C)n4)ncn3C3CC(F)(F)C3)cn12. The Hall–Kier alpha value is -3.60. The summed E-state index contributed by atoms with van der Waals surface area (Å²) >= 11 is 0. The molecule has 0 saturated heterocycles. The Morgan fingerprint density at radius 1 is 1.17 bits per heavy atom. The summed E-state index contributed by atoms with van der Waals surface area (Å²) in [6.45, 7) is 9.23. The average Bonchev–Trinajstić information content (AvgIpc) is 3.29. The third-order valence-corrected chi connectivity index (χ3v) is 5.26. The highest BCUT2D eigenvalue weighted by atomic mass is 19.3. The summed E-state index contributed by atoms with van der Waals surface area (Å²) in [7, 11) is 0. The van der Waals surface area contributed by atoms with Crippen LogP contribution in [0.3, 0.4) is 0 Å². The Balaban J connectivity index is 1.71. The Labute approximate surface area is 165 Å². The Morgan fingerprint density at radius 3 is 2.72 bits per heavy atom. The number of aromatic nitrogens is 5. The summed E-state index contributed by atoms with van der Waals surface area (Å²) < 4.78 is 30.6. The van der Waals surface area contributed by atoms with E-state index in [1.54, 1.807) is 16.9 Å². The number of fused-ring (bicyclic) bond motifs is 1. The van der Waals surface area contributed by atoms with Gasteiger partial charge in [0.15, 0.2) is 0 Å². The maximum Gasteiger partial charge on any atom is 0.254 e. The van der Waals surface area contributed by atoms with Gasteiger partial charge in [0.2, 0.25) is 5.65 Å². The molecule has 1 aliphatic carbocycles. The summed E-state index contributed by atoms with van der Waals surface area (Å²) in [6, 6.07) is 9.01. The lowest BCUT2D eigenvalue weighted by atomic mass is 9.87. The normalized spacial score (nSPS) is 15.9. The van der Waals surface area contributed by atoms with Crippen LogP contribution in [0.1, 0.15) is 24.6 Å². The second-order valence-corrected chi connectivity index (χ2v) is 7.31. The van der Waals surface area contributed by atoms with Crippen LogP contribution in [-0.2, 0) is 0 Å². The minimum Gasteiger partial charge on any atom is -0.362 e. The first-order valence-corrected chi connectivity index (χ1v) is 9.19. The lowest BCUT2D eigenvalue weighted by molar-refractivity contribution is -0.103. The molecule has 0 aliphatic heterocycles. The quantitative estimate of drug-likeness (QED) is 0.458. The van der Waals surface area contributed by atoms with Crippen molar-refractivity contribution in [2.75, 3.05) is 0 Å². The van der Waals surface area contributed by atoms with Crippen molar-refractivity contribution in [1.29, 1.82) is 0 Å². The molecule has 0 spiro atoms. The molecule has 0 bridgehead atoms. The van der Waals surface area contributed by atoms with Crippen molar-refractivity contribution < 1.29 is 8.78 Å². The molecule has 8 heteroatoms. The van der Waals surface area contributed by atoms with E-state index in [2.05, 4.69) is 19.8 Å². The van der Waals surface area contributed by atoms with Gasteiger partial charge in [0.05, 0.1) is 30.1 Å². The minimum absolute atomic E-state index is 0.211. The van der Waals surface area contributed by atoms with E-state index in [1.807, 2.05) is 41.8 Å². The van der Waals surface area contributed by atoms with Gasteiger partial charge in [0.1, 0.15) is 5.69 Å². The van der Waals surface area contributed by atoms with Crippen LogP contribution in [0.2, 0.25) is 0 Å². The lowest BCUT2D eigenvalue weighted by Gasteiger charge is -2.36. The molecule has 4 aromatic heterocycles. The molecule has 0 unspecified atom stereocenters. The van der Waals surface area contributed by atoms with Crippen molar-refractivity contribution in [1.82, 2.24) is 23.9 Å². The molecule has 0 N–H and O–H groups in total. The molecule has 4 aromatic rings. The van der Waals surface area contributed by atoms with Gasteiger partial charge in [-0.15, -0.1) is 0 Å². The van der Waals surface area contributed by atoms with Gasteiger partial charge in [0, 0.05) is 36.2 Å². The van der Waals surface area contributed by atoms with E-state index >= 15 is 0 Å². The standard InChI is InChI=1S/C21H16F2N6/c1-13-4-3-5-16(27-13)19-20(29(12-26-19)15-8-21(22,23)9-15)14-6-7-17-25-10-18(24-2)28(17)11-14/h3-7,10-12,15H,8-9H2,1H3. The van der Waals surface area contributed by atoms with Crippen LogP contribution in [-0.4, -0.2) is 29.8 Å². The van der Waals surface area contributed by atoms with E-state index in [-0.39, 0.29) is 18.9 Å². The molecular weight excluding hydrogens is 374 g/mol. The molecule has 1 saturated carbocycles. The number of hydrogen-bond acceptors (Lipinski definition) is 3. The number of hydrogen-bond donors (Lipinski definition) is 0.